The standard InChI is InChI=1S/C19H14F2N4O2S/c1-10(26)25-15-8-7-11(20)9-13(15)16-17(22-19(28-2)24-23-16)27-18(25)12-5-3-4-6-14(12)21/h3-9,18H,1-2H3/t18-/m0/s1. The summed E-state index contributed by atoms with van der Waals surface area (Å²) in [5.41, 5.74) is 0.938. The molecule has 0 fully saturated rings. The fraction of sp³-hybridized carbons (Fsp3) is 0.158. The van der Waals surface area contributed by atoms with E-state index in [0.29, 0.717) is 10.8 Å². The second kappa shape index (κ2) is 7.16. The number of hydrogen-bond donors (Lipinski definition) is 0. The van der Waals surface area contributed by atoms with Gasteiger partial charge in [0.15, 0.2) is 5.69 Å². The van der Waals surface area contributed by atoms with Crippen molar-refractivity contribution in [2.45, 2.75) is 18.3 Å². The fourth-order valence-corrected chi connectivity index (χ4v) is 3.34. The van der Waals surface area contributed by atoms with Crippen molar-refractivity contribution in [1.82, 2.24) is 15.2 Å². The summed E-state index contributed by atoms with van der Waals surface area (Å²) in [6.45, 7) is 1.33. The number of halogens is 2. The topological polar surface area (TPSA) is 68.2 Å². The average Bonchev–Trinajstić information content (AvgIpc) is 2.82. The number of anilines is 1. The molecule has 0 bridgehead atoms. The predicted molar refractivity (Wildman–Crippen MR) is 99.9 cm³/mol. The van der Waals surface area contributed by atoms with Gasteiger partial charge in [-0.15, -0.1) is 10.2 Å². The van der Waals surface area contributed by atoms with E-state index in [9.17, 15) is 13.6 Å². The molecule has 1 atom stereocenters. The molecule has 0 radical (unpaired) electrons. The number of rotatable bonds is 2. The zero-order valence-electron chi connectivity index (χ0n) is 14.9. The van der Waals surface area contributed by atoms with E-state index < -0.39 is 23.8 Å². The van der Waals surface area contributed by atoms with E-state index in [1.165, 1.54) is 53.9 Å². The molecule has 2 aromatic carbocycles. The molecule has 3 aromatic rings. The number of amides is 1. The zero-order chi connectivity index (χ0) is 19.8. The number of fused-ring (bicyclic) bond motifs is 3. The third kappa shape index (κ3) is 3.07. The van der Waals surface area contributed by atoms with Gasteiger partial charge in [-0.05, 0) is 30.5 Å². The number of hydrogen-bond acceptors (Lipinski definition) is 6. The summed E-state index contributed by atoms with van der Waals surface area (Å²) in [4.78, 5) is 18.1. The lowest BCUT2D eigenvalue weighted by Gasteiger charge is -2.30. The normalized spacial score (nSPS) is 15.3. The van der Waals surface area contributed by atoms with Crippen LogP contribution in [0, 0.1) is 11.6 Å². The summed E-state index contributed by atoms with van der Waals surface area (Å²) >= 11 is 1.25. The SMILES string of the molecule is CSc1nnc2c(n1)O[C@@H](c1ccccc1F)N(C(C)=O)c1ccc(F)cc1-2. The Bertz CT molecular complexity index is 1080. The second-order valence-electron chi connectivity index (χ2n) is 5.99. The Kier molecular flexibility index (Phi) is 4.68. The molecule has 0 unspecified atom stereocenters. The van der Waals surface area contributed by atoms with Crippen molar-refractivity contribution >= 4 is 23.4 Å². The van der Waals surface area contributed by atoms with Crippen LogP contribution in [0.1, 0.15) is 18.7 Å². The first-order chi connectivity index (χ1) is 13.5. The maximum absolute atomic E-state index is 14.6. The van der Waals surface area contributed by atoms with E-state index in [1.807, 2.05) is 0 Å². The molecular formula is C19H14F2N4O2S. The number of nitrogens with zero attached hydrogens (tertiary/aromatic N) is 4. The molecule has 0 N–H and O–H groups in total. The molecule has 1 aliphatic heterocycles. The van der Waals surface area contributed by atoms with Crippen molar-refractivity contribution in [3.8, 4) is 17.1 Å². The summed E-state index contributed by atoms with van der Waals surface area (Å²) in [5, 5.41) is 8.44. The zero-order valence-corrected chi connectivity index (χ0v) is 15.7. The number of aromatic nitrogens is 3. The van der Waals surface area contributed by atoms with Crippen LogP contribution >= 0.6 is 11.8 Å². The van der Waals surface area contributed by atoms with Gasteiger partial charge < -0.3 is 4.74 Å². The Hall–Kier alpha value is -3.07. The molecule has 142 valence electrons. The van der Waals surface area contributed by atoms with Crippen LogP contribution < -0.4 is 9.64 Å². The molecular weight excluding hydrogens is 386 g/mol. The summed E-state index contributed by atoms with van der Waals surface area (Å²) < 4.78 is 34.6. The number of benzene rings is 2. The monoisotopic (exact) mass is 400 g/mol. The Morgan fingerprint density at radius 3 is 2.68 bits per heavy atom. The predicted octanol–water partition coefficient (Wildman–Crippen LogP) is 3.98. The maximum atomic E-state index is 14.6. The summed E-state index contributed by atoms with van der Waals surface area (Å²) in [5.74, 6) is -1.43. The molecule has 0 saturated carbocycles. The highest BCUT2D eigenvalue weighted by Crippen LogP contribution is 2.43. The Balaban J connectivity index is 2.02. The largest absolute Gasteiger partial charge is 0.447 e. The highest BCUT2D eigenvalue weighted by molar-refractivity contribution is 7.98. The molecule has 0 saturated heterocycles. The molecule has 6 nitrogen and oxygen atoms in total. The van der Waals surface area contributed by atoms with Crippen molar-refractivity contribution in [1.29, 1.82) is 0 Å². The molecule has 2 heterocycles. The molecule has 1 aromatic heterocycles. The van der Waals surface area contributed by atoms with Gasteiger partial charge in [0.2, 0.25) is 23.2 Å². The van der Waals surface area contributed by atoms with Crippen LogP contribution in [0.15, 0.2) is 47.6 Å². The fourth-order valence-electron chi connectivity index (χ4n) is 3.04. The van der Waals surface area contributed by atoms with Gasteiger partial charge in [0.05, 0.1) is 5.69 Å². The first-order valence-electron chi connectivity index (χ1n) is 8.29. The summed E-state index contributed by atoms with van der Waals surface area (Å²) in [6.07, 6.45) is 0.625. The average molecular weight is 400 g/mol. The molecule has 1 amide bonds. The molecule has 9 heteroatoms. The summed E-state index contributed by atoms with van der Waals surface area (Å²) in [7, 11) is 0. The van der Waals surface area contributed by atoms with E-state index in [-0.39, 0.29) is 22.7 Å². The minimum Gasteiger partial charge on any atom is -0.447 e. The number of carbonyl (C=O) groups excluding carboxylic acids is 1. The van der Waals surface area contributed by atoms with Gasteiger partial charge in [-0.3, -0.25) is 9.69 Å². The van der Waals surface area contributed by atoms with Crippen LogP contribution in [0.5, 0.6) is 5.88 Å². The van der Waals surface area contributed by atoms with Crippen LogP contribution in [0.2, 0.25) is 0 Å². The van der Waals surface area contributed by atoms with Gasteiger partial charge in [0, 0.05) is 18.1 Å². The molecule has 0 aliphatic carbocycles. The lowest BCUT2D eigenvalue weighted by molar-refractivity contribution is -0.118. The quantitative estimate of drug-likeness (QED) is 0.606. The van der Waals surface area contributed by atoms with E-state index in [1.54, 1.807) is 18.4 Å². The molecule has 0 spiro atoms. The molecule has 1 aliphatic rings. The number of thioether (sulfide) groups is 1. The van der Waals surface area contributed by atoms with E-state index in [2.05, 4.69) is 15.2 Å². The minimum absolute atomic E-state index is 0.0446. The van der Waals surface area contributed by atoms with Crippen LogP contribution in [0.3, 0.4) is 0 Å². The van der Waals surface area contributed by atoms with E-state index in [0.717, 1.165) is 0 Å². The van der Waals surface area contributed by atoms with E-state index in [4.69, 9.17) is 4.74 Å². The smallest absolute Gasteiger partial charge is 0.247 e. The highest BCUT2D eigenvalue weighted by atomic mass is 32.2. The minimum atomic E-state index is -1.14. The van der Waals surface area contributed by atoms with Crippen LogP contribution in [0.25, 0.3) is 11.3 Å². The Morgan fingerprint density at radius 2 is 1.96 bits per heavy atom. The van der Waals surface area contributed by atoms with Crippen molar-refractivity contribution in [2.24, 2.45) is 0 Å². The van der Waals surface area contributed by atoms with Gasteiger partial charge in [-0.1, -0.05) is 30.0 Å². The van der Waals surface area contributed by atoms with Gasteiger partial charge >= 0.3 is 0 Å². The van der Waals surface area contributed by atoms with Crippen LogP contribution in [-0.4, -0.2) is 27.3 Å². The summed E-state index contributed by atoms with van der Waals surface area (Å²) in [6, 6.07) is 9.86. The first kappa shape index (κ1) is 18.3. The lowest BCUT2D eigenvalue weighted by atomic mass is 10.1. The van der Waals surface area contributed by atoms with Crippen LogP contribution in [-0.2, 0) is 4.79 Å². The van der Waals surface area contributed by atoms with Gasteiger partial charge in [-0.25, -0.2) is 8.78 Å². The van der Waals surface area contributed by atoms with Crippen molar-refractivity contribution in [3.63, 3.8) is 0 Å². The van der Waals surface area contributed by atoms with E-state index >= 15 is 0 Å². The van der Waals surface area contributed by atoms with Crippen LogP contribution in [0.4, 0.5) is 14.5 Å². The highest BCUT2D eigenvalue weighted by Gasteiger charge is 2.36. The molecule has 4 rings (SSSR count). The van der Waals surface area contributed by atoms with Gasteiger partial charge in [-0.2, -0.15) is 4.98 Å². The lowest BCUT2D eigenvalue weighted by Crippen LogP contribution is -2.36. The third-order valence-electron chi connectivity index (χ3n) is 4.26. The van der Waals surface area contributed by atoms with Gasteiger partial charge in [0.25, 0.3) is 0 Å². The maximum Gasteiger partial charge on any atom is 0.247 e. The van der Waals surface area contributed by atoms with Gasteiger partial charge in [0.1, 0.15) is 11.6 Å². The number of carbonyl (C=O) groups is 1. The Morgan fingerprint density at radius 1 is 1.18 bits per heavy atom. The first-order valence-corrected chi connectivity index (χ1v) is 9.51. The Labute approximate surface area is 163 Å². The number of ether oxygens (including phenoxy) is 1. The van der Waals surface area contributed by atoms with Crippen molar-refractivity contribution in [3.05, 3.63) is 59.7 Å². The van der Waals surface area contributed by atoms with Crippen molar-refractivity contribution in [2.75, 3.05) is 11.2 Å². The third-order valence-corrected chi connectivity index (χ3v) is 4.80. The molecule has 28 heavy (non-hydrogen) atoms. The van der Waals surface area contributed by atoms with Crippen molar-refractivity contribution < 1.29 is 18.3 Å². The second-order valence-corrected chi connectivity index (χ2v) is 6.77.